The number of halogens is 2. The van der Waals surface area contributed by atoms with Gasteiger partial charge in [-0.05, 0) is 31.2 Å². The number of carbonyl (C=O) groups is 1. The van der Waals surface area contributed by atoms with E-state index in [-0.39, 0.29) is 17.0 Å². The van der Waals surface area contributed by atoms with Crippen molar-refractivity contribution in [2.24, 2.45) is 0 Å². The van der Waals surface area contributed by atoms with Gasteiger partial charge in [-0.3, -0.25) is 14.9 Å². The molecular formula is C15H11F2NO4. The average molecular weight is 307 g/mol. The van der Waals surface area contributed by atoms with Gasteiger partial charge in [0.2, 0.25) is 5.78 Å². The summed E-state index contributed by atoms with van der Waals surface area (Å²) in [6.07, 6.45) is -1.09. The van der Waals surface area contributed by atoms with Gasteiger partial charge in [0.25, 0.3) is 0 Å². The van der Waals surface area contributed by atoms with Gasteiger partial charge in [-0.25, -0.2) is 8.78 Å². The van der Waals surface area contributed by atoms with Crippen LogP contribution >= 0.6 is 0 Å². The van der Waals surface area contributed by atoms with Gasteiger partial charge in [0, 0.05) is 11.6 Å². The van der Waals surface area contributed by atoms with Gasteiger partial charge in [0.15, 0.2) is 23.5 Å². The van der Waals surface area contributed by atoms with Gasteiger partial charge in [-0.15, -0.1) is 0 Å². The number of hydrogen-bond donors (Lipinski definition) is 0. The first kappa shape index (κ1) is 15.6. The number of nitrogens with zero attached hydrogens (tertiary/aromatic N) is 1. The number of nitro groups is 1. The Kier molecular flexibility index (Phi) is 4.45. The van der Waals surface area contributed by atoms with Crippen molar-refractivity contribution < 1.29 is 23.2 Å². The van der Waals surface area contributed by atoms with Crippen molar-refractivity contribution in [3.8, 4) is 5.75 Å². The molecule has 0 saturated heterocycles. The third kappa shape index (κ3) is 3.25. The van der Waals surface area contributed by atoms with Crippen LogP contribution in [0.3, 0.4) is 0 Å². The van der Waals surface area contributed by atoms with Gasteiger partial charge in [0.05, 0.1) is 4.92 Å². The molecule has 0 fully saturated rings. The van der Waals surface area contributed by atoms with Crippen LogP contribution in [0.25, 0.3) is 0 Å². The first-order valence-corrected chi connectivity index (χ1v) is 6.29. The molecule has 0 aliphatic rings. The predicted molar refractivity (Wildman–Crippen MR) is 73.9 cm³/mol. The highest BCUT2D eigenvalue weighted by Crippen LogP contribution is 2.27. The van der Waals surface area contributed by atoms with Crippen LogP contribution < -0.4 is 4.74 Å². The Morgan fingerprint density at radius 1 is 1.18 bits per heavy atom. The minimum Gasteiger partial charge on any atom is -0.475 e. The molecule has 1 atom stereocenters. The largest absolute Gasteiger partial charge is 0.475 e. The Morgan fingerprint density at radius 3 is 2.50 bits per heavy atom. The van der Waals surface area contributed by atoms with Crippen LogP contribution in [-0.2, 0) is 0 Å². The summed E-state index contributed by atoms with van der Waals surface area (Å²) in [5.41, 5.74) is -0.363. The molecule has 7 heteroatoms. The molecule has 2 aromatic rings. The Bertz CT molecular complexity index is 733. The number of benzene rings is 2. The van der Waals surface area contributed by atoms with Crippen molar-refractivity contribution in [2.75, 3.05) is 0 Å². The first-order valence-electron chi connectivity index (χ1n) is 6.29. The molecule has 114 valence electrons. The maximum Gasteiger partial charge on any atom is 0.310 e. The van der Waals surface area contributed by atoms with Crippen molar-refractivity contribution in [1.29, 1.82) is 0 Å². The topological polar surface area (TPSA) is 69.4 Å². The Labute approximate surface area is 124 Å². The van der Waals surface area contributed by atoms with E-state index in [1.54, 1.807) is 0 Å². The lowest BCUT2D eigenvalue weighted by molar-refractivity contribution is -0.386. The van der Waals surface area contributed by atoms with E-state index < -0.39 is 28.4 Å². The van der Waals surface area contributed by atoms with E-state index in [0.717, 1.165) is 18.2 Å². The van der Waals surface area contributed by atoms with E-state index in [9.17, 15) is 23.7 Å². The molecule has 0 spiro atoms. The summed E-state index contributed by atoms with van der Waals surface area (Å²) in [4.78, 5) is 22.3. The van der Waals surface area contributed by atoms with Crippen molar-refractivity contribution in [3.05, 3.63) is 69.8 Å². The second kappa shape index (κ2) is 6.30. The van der Waals surface area contributed by atoms with Crippen molar-refractivity contribution in [3.63, 3.8) is 0 Å². The van der Waals surface area contributed by atoms with E-state index >= 15 is 0 Å². The SMILES string of the molecule is C[C@@H](Oc1ccccc1[N+](=O)[O-])C(=O)c1ccc(F)c(F)c1. The average Bonchev–Trinajstić information content (AvgIpc) is 2.49. The standard InChI is InChI=1S/C15H11F2NO4/c1-9(15(19)10-6-7-11(16)12(17)8-10)22-14-5-3-2-4-13(14)18(20)21/h2-9H,1H3/t9-/m1/s1. The van der Waals surface area contributed by atoms with Crippen LogP contribution in [0.15, 0.2) is 42.5 Å². The summed E-state index contributed by atoms with van der Waals surface area (Å²) in [7, 11) is 0. The maximum atomic E-state index is 13.1. The number of rotatable bonds is 5. The normalized spacial score (nSPS) is 11.8. The molecule has 0 amide bonds. The molecule has 0 aromatic heterocycles. The minimum atomic E-state index is -1.15. The van der Waals surface area contributed by atoms with Crippen molar-refractivity contribution >= 4 is 11.5 Å². The summed E-state index contributed by atoms with van der Waals surface area (Å²) in [6.45, 7) is 1.38. The fourth-order valence-corrected chi connectivity index (χ4v) is 1.84. The molecule has 5 nitrogen and oxygen atoms in total. The van der Waals surface area contributed by atoms with Gasteiger partial charge < -0.3 is 4.74 Å². The number of para-hydroxylation sites is 2. The summed E-state index contributed by atoms with van der Waals surface area (Å²) in [6, 6.07) is 8.30. The third-order valence-electron chi connectivity index (χ3n) is 2.94. The smallest absolute Gasteiger partial charge is 0.310 e. The van der Waals surface area contributed by atoms with E-state index in [2.05, 4.69) is 0 Å². The lowest BCUT2D eigenvalue weighted by Crippen LogP contribution is -2.24. The lowest BCUT2D eigenvalue weighted by Gasteiger charge is -2.13. The number of Topliss-reactive ketones (excluding diaryl/α,β-unsaturated/α-hetero) is 1. The third-order valence-corrected chi connectivity index (χ3v) is 2.94. The second-order valence-electron chi connectivity index (χ2n) is 4.48. The number of ether oxygens (including phenoxy) is 1. The van der Waals surface area contributed by atoms with Crippen LogP contribution in [0.1, 0.15) is 17.3 Å². The minimum absolute atomic E-state index is 0.0732. The molecule has 0 heterocycles. The molecular weight excluding hydrogens is 296 g/mol. The fourth-order valence-electron chi connectivity index (χ4n) is 1.84. The van der Waals surface area contributed by atoms with Crippen LogP contribution in [0.2, 0.25) is 0 Å². The van der Waals surface area contributed by atoms with E-state index in [1.807, 2.05) is 0 Å². The van der Waals surface area contributed by atoms with Crippen LogP contribution in [0.5, 0.6) is 5.75 Å². The highest BCUT2D eigenvalue weighted by Gasteiger charge is 2.22. The monoisotopic (exact) mass is 307 g/mol. The summed E-state index contributed by atoms with van der Waals surface area (Å²) >= 11 is 0. The van der Waals surface area contributed by atoms with Gasteiger partial charge in [-0.1, -0.05) is 12.1 Å². The maximum absolute atomic E-state index is 13.1. The zero-order valence-corrected chi connectivity index (χ0v) is 11.5. The molecule has 2 aromatic carbocycles. The first-order chi connectivity index (χ1) is 10.4. The number of hydrogen-bond acceptors (Lipinski definition) is 4. The Hall–Kier alpha value is -2.83. The Morgan fingerprint density at radius 2 is 1.86 bits per heavy atom. The number of nitro benzene ring substituents is 1. The Balaban J connectivity index is 2.22. The summed E-state index contributed by atoms with van der Waals surface area (Å²) in [5, 5.41) is 10.9. The van der Waals surface area contributed by atoms with E-state index in [1.165, 1.54) is 31.2 Å². The van der Waals surface area contributed by atoms with Gasteiger partial charge >= 0.3 is 5.69 Å². The van der Waals surface area contributed by atoms with E-state index in [4.69, 9.17) is 4.74 Å². The van der Waals surface area contributed by atoms with Crippen LogP contribution in [0, 0.1) is 21.7 Å². The van der Waals surface area contributed by atoms with Crippen molar-refractivity contribution in [2.45, 2.75) is 13.0 Å². The highest BCUT2D eigenvalue weighted by molar-refractivity contribution is 5.99. The summed E-state index contributed by atoms with van der Waals surface area (Å²) in [5.74, 6) is -2.90. The van der Waals surface area contributed by atoms with Crippen molar-refractivity contribution in [1.82, 2.24) is 0 Å². The molecule has 2 rings (SSSR count). The zero-order valence-electron chi connectivity index (χ0n) is 11.5. The lowest BCUT2D eigenvalue weighted by atomic mass is 10.1. The molecule has 0 aliphatic heterocycles. The zero-order chi connectivity index (χ0) is 16.3. The molecule has 0 saturated carbocycles. The highest BCUT2D eigenvalue weighted by atomic mass is 19.2. The van der Waals surface area contributed by atoms with Gasteiger partial charge in [-0.2, -0.15) is 0 Å². The summed E-state index contributed by atoms with van der Waals surface area (Å²) < 4.78 is 31.3. The molecule has 0 aliphatic carbocycles. The number of carbonyl (C=O) groups excluding carboxylic acids is 1. The fraction of sp³-hybridized carbons (Fsp3) is 0.133. The number of ketones is 1. The molecule has 0 bridgehead atoms. The van der Waals surface area contributed by atoms with Crippen LogP contribution in [-0.4, -0.2) is 16.8 Å². The molecule has 0 unspecified atom stereocenters. The van der Waals surface area contributed by atoms with E-state index in [0.29, 0.717) is 0 Å². The molecule has 22 heavy (non-hydrogen) atoms. The molecule has 0 N–H and O–H groups in total. The quantitative estimate of drug-likeness (QED) is 0.481. The second-order valence-corrected chi connectivity index (χ2v) is 4.48. The van der Waals surface area contributed by atoms with Crippen LogP contribution in [0.4, 0.5) is 14.5 Å². The molecule has 0 radical (unpaired) electrons. The predicted octanol–water partition coefficient (Wildman–Crippen LogP) is 3.52. The van der Waals surface area contributed by atoms with Gasteiger partial charge in [0.1, 0.15) is 0 Å².